The van der Waals surface area contributed by atoms with Crippen LogP contribution in [0.3, 0.4) is 0 Å². The number of benzene rings is 14. The zero-order valence-corrected chi connectivity index (χ0v) is 47.4. The van der Waals surface area contributed by atoms with Gasteiger partial charge in [0.2, 0.25) is 0 Å². The van der Waals surface area contributed by atoms with Crippen LogP contribution in [-0.2, 0) is 5.41 Å². The van der Waals surface area contributed by atoms with Gasteiger partial charge in [-0.25, -0.2) is 0 Å². The molecule has 0 heterocycles. The molecule has 1 heteroatoms. The van der Waals surface area contributed by atoms with E-state index in [4.69, 9.17) is 0 Å². The highest BCUT2D eigenvalue weighted by atomic mass is 15.1. The highest BCUT2D eigenvalue weighted by molar-refractivity contribution is 6.24. The molecule has 0 atom stereocenters. The van der Waals surface area contributed by atoms with Crippen LogP contribution in [0.15, 0.2) is 285 Å². The Hall–Kier alpha value is -9.82. The summed E-state index contributed by atoms with van der Waals surface area (Å²) >= 11 is 0. The van der Waals surface area contributed by atoms with Gasteiger partial charge in [-0.2, -0.15) is 0 Å². The van der Waals surface area contributed by atoms with Gasteiger partial charge in [-0.15, -0.1) is 0 Å². The number of rotatable bonds is 8. The van der Waals surface area contributed by atoms with Crippen LogP contribution >= 0.6 is 0 Å². The summed E-state index contributed by atoms with van der Waals surface area (Å²) < 4.78 is 0. The van der Waals surface area contributed by atoms with E-state index in [2.05, 4.69) is 290 Å². The van der Waals surface area contributed by atoms with E-state index in [1.807, 2.05) is 0 Å². The van der Waals surface area contributed by atoms with Crippen molar-refractivity contribution in [2.24, 2.45) is 23.7 Å². The number of nitrogens with zero attached hydrogens (tertiary/aromatic N) is 1. The van der Waals surface area contributed by atoms with Crippen molar-refractivity contribution in [3.05, 3.63) is 296 Å². The molecule has 0 radical (unpaired) electrons. The summed E-state index contributed by atoms with van der Waals surface area (Å²) in [5.74, 6) is 2.80. The summed E-state index contributed by atoms with van der Waals surface area (Å²) in [7, 11) is 0. The standard InChI is InChI=1S/C84H61N/c1-3-19-55(20-4-1)56-37-40-64(41-38-56)85(63-25-5-2-6-26-63)80-44-42-67(68-29-11-12-30-70(68)80)60-51-76(69-35-17-23-57-21-7-9-27-65(57)69)83-77-50-59(39-43-78(77)84(79(83)52-60)61-46-53-45-54(48-61)49-62(84)47-53)81-72-31-13-15-33-74(72)82(75-34-16-14-32-73(75)81)71-36-18-24-58-22-8-10-28-66(58)71/h1-44,50-54,61-62H,45-49H2. The van der Waals surface area contributed by atoms with Crippen LogP contribution in [0.4, 0.5) is 17.1 Å². The van der Waals surface area contributed by atoms with Crippen LogP contribution in [0.5, 0.6) is 0 Å². The minimum atomic E-state index is -0.0971. The fourth-order valence-corrected chi connectivity index (χ4v) is 17.6. The van der Waals surface area contributed by atoms with Crippen LogP contribution < -0.4 is 4.90 Å². The van der Waals surface area contributed by atoms with Crippen molar-refractivity contribution >= 4 is 70.9 Å². The highest BCUT2D eigenvalue weighted by Crippen LogP contribution is 2.71. The maximum absolute atomic E-state index is 2.73. The van der Waals surface area contributed by atoms with Crippen molar-refractivity contribution in [3.63, 3.8) is 0 Å². The zero-order valence-electron chi connectivity index (χ0n) is 47.4. The Bertz CT molecular complexity index is 4920. The van der Waals surface area contributed by atoms with Gasteiger partial charge in [0.15, 0.2) is 0 Å². The van der Waals surface area contributed by atoms with E-state index in [9.17, 15) is 0 Å². The number of hydrogen-bond acceptors (Lipinski definition) is 1. The summed E-state index contributed by atoms with van der Waals surface area (Å²) in [4.78, 5) is 2.45. The second-order valence-corrected chi connectivity index (χ2v) is 25.0. The molecule has 4 saturated carbocycles. The number of fused-ring (bicyclic) bond motifs is 8. The van der Waals surface area contributed by atoms with Crippen molar-refractivity contribution in [1.82, 2.24) is 0 Å². The average molecular weight is 1080 g/mol. The van der Waals surface area contributed by atoms with Crippen molar-refractivity contribution in [1.29, 1.82) is 0 Å². The lowest BCUT2D eigenvalue weighted by Crippen LogP contribution is -2.55. The summed E-state index contributed by atoms with van der Waals surface area (Å²) in [6.45, 7) is 0. The molecule has 0 unspecified atom stereocenters. The Balaban J connectivity index is 0.887. The second kappa shape index (κ2) is 19.1. The van der Waals surface area contributed by atoms with Crippen LogP contribution in [0.2, 0.25) is 0 Å². The number of para-hydroxylation sites is 1. The molecule has 1 spiro atoms. The van der Waals surface area contributed by atoms with E-state index in [-0.39, 0.29) is 5.41 Å². The summed E-state index contributed by atoms with van der Waals surface area (Å²) in [5.41, 5.74) is 22.2. The van der Waals surface area contributed by atoms with Gasteiger partial charge >= 0.3 is 0 Å². The highest BCUT2D eigenvalue weighted by Gasteiger charge is 2.62. The molecule has 0 aliphatic heterocycles. The molecule has 14 aromatic rings. The first-order valence-electron chi connectivity index (χ1n) is 30.9. The molecule has 4 fully saturated rings. The van der Waals surface area contributed by atoms with E-state index in [1.54, 1.807) is 11.1 Å². The molecule has 85 heavy (non-hydrogen) atoms. The number of anilines is 3. The Morgan fingerprint density at radius 2 is 0.741 bits per heavy atom. The Kier molecular flexibility index (Phi) is 10.9. The van der Waals surface area contributed by atoms with E-state index in [0.29, 0.717) is 11.8 Å². The topological polar surface area (TPSA) is 3.24 Å². The van der Waals surface area contributed by atoms with Gasteiger partial charge in [0, 0.05) is 22.2 Å². The monoisotopic (exact) mass is 1080 g/mol. The summed E-state index contributed by atoms with van der Waals surface area (Å²) in [6, 6.07) is 108. The van der Waals surface area contributed by atoms with E-state index >= 15 is 0 Å². The van der Waals surface area contributed by atoms with Crippen LogP contribution in [0.1, 0.15) is 43.2 Å². The molecule has 0 amide bonds. The molecule has 402 valence electrons. The predicted molar refractivity (Wildman–Crippen MR) is 359 cm³/mol. The van der Waals surface area contributed by atoms with Crippen LogP contribution in [0.25, 0.3) is 121 Å². The minimum Gasteiger partial charge on any atom is -0.310 e. The molecule has 0 saturated heterocycles. The molecule has 0 N–H and O–H groups in total. The van der Waals surface area contributed by atoms with Gasteiger partial charge in [0.05, 0.1) is 5.69 Å². The minimum absolute atomic E-state index is 0.0971. The molecule has 5 aliphatic rings. The Morgan fingerprint density at radius 1 is 0.259 bits per heavy atom. The fraction of sp³-hybridized carbons (Fsp3) is 0.119. The van der Waals surface area contributed by atoms with Gasteiger partial charge in [-0.3, -0.25) is 0 Å². The molecule has 14 aromatic carbocycles. The second-order valence-electron chi connectivity index (χ2n) is 25.0. The van der Waals surface area contributed by atoms with Gasteiger partial charge in [0.1, 0.15) is 0 Å². The number of hydrogen-bond donors (Lipinski definition) is 0. The van der Waals surface area contributed by atoms with Gasteiger partial charge in [-0.1, -0.05) is 237 Å². The van der Waals surface area contributed by atoms with Crippen molar-refractivity contribution < 1.29 is 0 Å². The summed E-state index contributed by atoms with van der Waals surface area (Å²) in [5, 5.41) is 12.8. The van der Waals surface area contributed by atoms with Gasteiger partial charge < -0.3 is 4.90 Å². The Labute approximate surface area is 497 Å². The molecule has 4 bridgehead atoms. The van der Waals surface area contributed by atoms with Gasteiger partial charge in [0.25, 0.3) is 0 Å². The molecule has 5 aliphatic carbocycles. The molecule has 1 nitrogen and oxygen atoms in total. The molecular formula is C84H61N. The lowest BCUT2D eigenvalue weighted by molar-refractivity contribution is -0.0399. The Morgan fingerprint density at radius 3 is 1.39 bits per heavy atom. The normalized spacial score (nSPS) is 19.1. The van der Waals surface area contributed by atoms with E-state index in [1.165, 1.54) is 153 Å². The molecular weight excluding hydrogens is 1020 g/mol. The SMILES string of the molecule is c1ccc(-c2ccc(N(c3ccccc3)c3ccc(-c4cc(-c5cccc6ccccc56)c5c(c4)C4(c6ccc(-c7c8ccccc8c(-c8cccc9ccccc89)c8ccccc78)cc6-5)C5CC6CC(C5)CC4C6)c4ccccc34)cc2)cc1. The molecule has 19 rings (SSSR count). The fourth-order valence-electron chi connectivity index (χ4n) is 17.6. The van der Waals surface area contributed by atoms with E-state index in [0.717, 1.165) is 28.9 Å². The van der Waals surface area contributed by atoms with Crippen LogP contribution in [0, 0.1) is 23.7 Å². The quantitative estimate of drug-likeness (QED) is 0.137. The van der Waals surface area contributed by atoms with Gasteiger partial charge in [-0.05, 0) is 231 Å². The third kappa shape index (κ3) is 7.36. The maximum Gasteiger partial charge on any atom is 0.0540 e. The van der Waals surface area contributed by atoms with Crippen molar-refractivity contribution in [2.45, 2.75) is 37.5 Å². The first-order valence-corrected chi connectivity index (χ1v) is 30.9. The summed E-state index contributed by atoms with van der Waals surface area (Å²) in [6.07, 6.45) is 6.65. The largest absolute Gasteiger partial charge is 0.310 e. The maximum atomic E-state index is 2.73. The lowest BCUT2D eigenvalue weighted by Gasteiger charge is -2.61. The zero-order chi connectivity index (χ0) is 55.7. The lowest BCUT2D eigenvalue weighted by atomic mass is 9.43. The van der Waals surface area contributed by atoms with E-state index < -0.39 is 0 Å². The third-order valence-electron chi connectivity index (χ3n) is 20.8. The third-order valence-corrected chi connectivity index (χ3v) is 20.8. The average Bonchev–Trinajstić information content (AvgIpc) is 1.69. The van der Waals surface area contributed by atoms with Crippen molar-refractivity contribution in [2.75, 3.05) is 4.90 Å². The first-order chi connectivity index (χ1) is 42.1. The van der Waals surface area contributed by atoms with Crippen LogP contribution in [-0.4, -0.2) is 0 Å². The predicted octanol–water partition coefficient (Wildman–Crippen LogP) is 23.0. The smallest absolute Gasteiger partial charge is 0.0540 e. The molecule has 0 aromatic heterocycles. The van der Waals surface area contributed by atoms with Crippen molar-refractivity contribution in [3.8, 4) is 66.8 Å². The first kappa shape index (κ1) is 48.7.